The van der Waals surface area contributed by atoms with Gasteiger partial charge in [-0.3, -0.25) is 4.79 Å². The summed E-state index contributed by atoms with van der Waals surface area (Å²) in [6.45, 7) is 0. The topological polar surface area (TPSA) is 37.3 Å². The van der Waals surface area contributed by atoms with Crippen LogP contribution in [0.2, 0.25) is 0 Å². The Balaban J connectivity index is 1.88. The highest BCUT2D eigenvalue weighted by Crippen LogP contribution is 2.46. The van der Waals surface area contributed by atoms with Gasteiger partial charge in [0.05, 0.1) is 0 Å². The van der Waals surface area contributed by atoms with Gasteiger partial charge in [0.15, 0.2) is 5.78 Å². The molecule has 1 atom stereocenters. The number of hydrogen-bond donors (Lipinski definition) is 1. The molecule has 2 heteroatoms. The third kappa shape index (κ3) is 1.71. The van der Waals surface area contributed by atoms with E-state index in [1.807, 2.05) is 30.3 Å². The van der Waals surface area contributed by atoms with Crippen molar-refractivity contribution < 1.29 is 9.90 Å². The van der Waals surface area contributed by atoms with E-state index in [0.717, 1.165) is 31.2 Å². The quantitative estimate of drug-likeness (QED) is 0.846. The van der Waals surface area contributed by atoms with Gasteiger partial charge in [-0.05, 0) is 37.2 Å². The van der Waals surface area contributed by atoms with Crippen LogP contribution in [0.1, 0.15) is 31.2 Å². The molecule has 4 rings (SSSR count). The van der Waals surface area contributed by atoms with Gasteiger partial charge in [-0.15, -0.1) is 0 Å². The van der Waals surface area contributed by atoms with E-state index in [-0.39, 0.29) is 17.6 Å². The molecule has 0 aromatic heterocycles. The Kier molecular flexibility index (Phi) is 2.55. The fourth-order valence-corrected chi connectivity index (χ4v) is 3.53. The van der Waals surface area contributed by atoms with Crippen LogP contribution in [0, 0.1) is 11.8 Å². The van der Waals surface area contributed by atoms with Crippen LogP contribution < -0.4 is 0 Å². The van der Waals surface area contributed by atoms with Crippen LogP contribution in [0.5, 0.6) is 0 Å². The maximum Gasteiger partial charge on any atom is 0.168 e. The smallest absolute Gasteiger partial charge is 0.168 e. The standard InChI is InChI=1S/C15H18O2/c16-14-12-6-8-13(9-7-12)15(14,17)10-11-4-2-1-3-5-11/h1-5,12-13,17H,6-10H2. The Labute approximate surface area is 102 Å². The van der Waals surface area contributed by atoms with E-state index in [2.05, 4.69) is 0 Å². The van der Waals surface area contributed by atoms with Crippen molar-refractivity contribution >= 4 is 5.78 Å². The first-order valence-corrected chi connectivity index (χ1v) is 6.51. The maximum atomic E-state index is 12.3. The summed E-state index contributed by atoms with van der Waals surface area (Å²) in [5, 5.41) is 10.7. The van der Waals surface area contributed by atoms with E-state index in [1.165, 1.54) is 0 Å². The number of carbonyl (C=O) groups excluding carboxylic acids is 1. The molecular weight excluding hydrogens is 212 g/mol. The molecule has 1 aromatic carbocycles. The van der Waals surface area contributed by atoms with Gasteiger partial charge in [0.2, 0.25) is 0 Å². The van der Waals surface area contributed by atoms with E-state index >= 15 is 0 Å². The van der Waals surface area contributed by atoms with E-state index in [4.69, 9.17) is 0 Å². The molecule has 0 aliphatic heterocycles. The lowest BCUT2D eigenvalue weighted by molar-refractivity contribution is -0.161. The lowest BCUT2D eigenvalue weighted by atomic mass is 9.59. The number of rotatable bonds is 2. The number of aliphatic hydroxyl groups is 1. The van der Waals surface area contributed by atoms with E-state index in [1.54, 1.807) is 0 Å². The molecule has 1 aromatic rings. The minimum Gasteiger partial charge on any atom is -0.381 e. The molecule has 1 unspecified atom stereocenters. The van der Waals surface area contributed by atoms with Crippen LogP contribution in [0.15, 0.2) is 30.3 Å². The second kappa shape index (κ2) is 3.95. The second-order valence-corrected chi connectivity index (χ2v) is 5.50. The summed E-state index contributed by atoms with van der Waals surface area (Å²) in [6.07, 6.45) is 4.49. The molecule has 0 saturated heterocycles. The van der Waals surface area contributed by atoms with Crippen LogP contribution in [-0.4, -0.2) is 16.5 Å². The summed E-state index contributed by atoms with van der Waals surface area (Å²) in [4.78, 5) is 12.3. The van der Waals surface area contributed by atoms with Crippen molar-refractivity contribution in [1.82, 2.24) is 0 Å². The zero-order valence-corrected chi connectivity index (χ0v) is 9.93. The molecular formula is C15H18O2. The molecule has 90 valence electrons. The Hall–Kier alpha value is -1.15. The van der Waals surface area contributed by atoms with Crippen LogP contribution in [0.25, 0.3) is 0 Å². The van der Waals surface area contributed by atoms with Crippen molar-refractivity contribution in [2.24, 2.45) is 11.8 Å². The summed E-state index contributed by atoms with van der Waals surface area (Å²) < 4.78 is 0. The molecule has 3 saturated carbocycles. The third-order valence-corrected chi connectivity index (χ3v) is 4.52. The van der Waals surface area contributed by atoms with E-state index in [9.17, 15) is 9.90 Å². The van der Waals surface area contributed by atoms with Crippen LogP contribution >= 0.6 is 0 Å². The summed E-state index contributed by atoms with van der Waals surface area (Å²) in [7, 11) is 0. The highest BCUT2D eigenvalue weighted by Gasteiger charge is 2.52. The van der Waals surface area contributed by atoms with E-state index < -0.39 is 5.60 Å². The number of benzene rings is 1. The number of hydrogen-bond acceptors (Lipinski definition) is 2. The summed E-state index contributed by atoms with van der Waals surface area (Å²) in [6, 6.07) is 9.87. The Morgan fingerprint density at radius 2 is 1.76 bits per heavy atom. The first-order chi connectivity index (χ1) is 8.20. The van der Waals surface area contributed by atoms with Crippen molar-refractivity contribution in [1.29, 1.82) is 0 Å². The molecule has 0 spiro atoms. The molecule has 1 N–H and O–H groups in total. The van der Waals surface area contributed by atoms with Gasteiger partial charge in [0.1, 0.15) is 5.60 Å². The molecule has 2 nitrogen and oxygen atoms in total. The molecule has 3 fully saturated rings. The predicted molar refractivity (Wildman–Crippen MR) is 65.6 cm³/mol. The minimum atomic E-state index is -1.08. The zero-order valence-electron chi connectivity index (χ0n) is 9.93. The summed E-state index contributed by atoms with van der Waals surface area (Å²) >= 11 is 0. The number of carbonyl (C=O) groups is 1. The molecule has 0 amide bonds. The molecule has 3 aliphatic carbocycles. The van der Waals surface area contributed by atoms with Crippen molar-refractivity contribution in [3.8, 4) is 0 Å². The molecule has 3 aliphatic rings. The highest BCUT2D eigenvalue weighted by atomic mass is 16.3. The van der Waals surface area contributed by atoms with Gasteiger partial charge in [0.25, 0.3) is 0 Å². The van der Waals surface area contributed by atoms with Crippen molar-refractivity contribution in [2.45, 2.75) is 37.7 Å². The van der Waals surface area contributed by atoms with Crippen LogP contribution in [-0.2, 0) is 11.2 Å². The number of fused-ring (bicyclic) bond motifs is 3. The molecule has 17 heavy (non-hydrogen) atoms. The lowest BCUT2D eigenvalue weighted by Crippen LogP contribution is -2.57. The first-order valence-electron chi connectivity index (χ1n) is 6.51. The Morgan fingerprint density at radius 3 is 2.35 bits per heavy atom. The predicted octanol–water partition coefficient (Wildman–Crippen LogP) is 2.35. The monoisotopic (exact) mass is 230 g/mol. The molecule has 2 bridgehead atoms. The van der Waals surface area contributed by atoms with Gasteiger partial charge in [-0.2, -0.15) is 0 Å². The second-order valence-electron chi connectivity index (χ2n) is 5.50. The fourth-order valence-electron chi connectivity index (χ4n) is 3.53. The zero-order chi connectivity index (χ0) is 11.9. The third-order valence-electron chi connectivity index (χ3n) is 4.52. The van der Waals surface area contributed by atoms with Gasteiger partial charge in [0, 0.05) is 12.3 Å². The van der Waals surface area contributed by atoms with Crippen molar-refractivity contribution in [2.75, 3.05) is 0 Å². The highest BCUT2D eigenvalue weighted by molar-refractivity contribution is 5.91. The van der Waals surface area contributed by atoms with Gasteiger partial charge >= 0.3 is 0 Å². The molecule has 0 radical (unpaired) electrons. The average molecular weight is 230 g/mol. The van der Waals surface area contributed by atoms with Crippen molar-refractivity contribution in [3.05, 3.63) is 35.9 Å². The first kappa shape index (κ1) is 11.0. The Bertz CT molecular complexity index is 418. The fraction of sp³-hybridized carbons (Fsp3) is 0.533. The number of ketones is 1. The lowest BCUT2D eigenvalue weighted by Gasteiger charge is -2.47. The largest absolute Gasteiger partial charge is 0.381 e. The van der Waals surface area contributed by atoms with Gasteiger partial charge in [-0.1, -0.05) is 30.3 Å². The van der Waals surface area contributed by atoms with Crippen LogP contribution in [0.4, 0.5) is 0 Å². The summed E-state index contributed by atoms with van der Waals surface area (Å²) in [5.74, 6) is 0.401. The Morgan fingerprint density at radius 1 is 1.12 bits per heavy atom. The minimum absolute atomic E-state index is 0.101. The number of Topliss-reactive ketones (excluding diaryl/α,β-unsaturated/α-hetero) is 1. The molecule has 0 heterocycles. The maximum absolute atomic E-state index is 12.3. The normalized spacial score (nSPS) is 36.2. The van der Waals surface area contributed by atoms with Crippen LogP contribution in [0.3, 0.4) is 0 Å². The van der Waals surface area contributed by atoms with Gasteiger partial charge in [-0.25, -0.2) is 0 Å². The SMILES string of the molecule is O=C1C2CCC(CC2)C1(O)Cc1ccccc1. The van der Waals surface area contributed by atoms with Crippen molar-refractivity contribution in [3.63, 3.8) is 0 Å². The van der Waals surface area contributed by atoms with E-state index in [0.29, 0.717) is 6.42 Å². The average Bonchev–Trinajstić information content (AvgIpc) is 2.37. The summed E-state index contributed by atoms with van der Waals surface area (Å²) in [5.41, 5.74) is -0.0152. The van der Waals surface area contributed by atoms with Gasteiger partial charge < -0.3 is 5.11 Å².